The highest BCUT2D eigenvalue weighted by Crippen LogP contribution is 2.48. The lowest BCUT2D eigenvalue weighted by Gasteiger charge is -2.40. The van der Waals surface area contributed by atoms with Crippen molar-refractivity contribution in [3.63, 3.8) is 0 Å². The van der Waals surface area contributed by atoms with E-state index in [2.05, 4.69) is 93.2 Å². The molecular weight excluding hydrogens is 320 g/mol. The molecule has 0 N–H and O–H groups in total. The molecule has 0 aliphatic carbocycles. The molecule has 0 radical (unpaired) electrons. The molecule has 0 unspecified atom stereocenters. The highest BCUT2D eigenvalue weighted by atomic mass is 28.3. The van der Waals surface area contributed by atoms with Crippen LogP contribution in [0.2, 0.25) is 18.1 Å². The number of ether oxygens (including phenoxy) is 1. The third-order valence-electron chi connectivity index (χ3n) is 6.07. The molecule has 2 rings (SSSR count). The van der Waals surface area contributed by atoms with E-state index < -0.39 is 8.07 Å². The molecule has 1 heterocycles. The summed E-state index contributed by atoms with van der Waals surface area (Å²) in [6.45, 7) is 25.8. The maximum atomic E-state index is 6.61. The molecule has 140 valence electrons. The molecule has 0 saturated carbocycles. The Morgan fingerprint density at radius 1 is 1.04 bits per heavy atom. The molecule has 0 fully saturated rings. The van der Waals surface area contributed by atoms with Gasteiger partial charge < -0.3 is 4.74 Å². The van der Waals surface area contributed by atoms with Crippen LogP contribution in [-0.2, 0) is 10.8 Å². The van der Waals surface area contributed by atoms with Gasteiger partial charge in [0.25, 0.3) is 0 Å². The number of benzene rings is 1. The van der Waals surface area contributed by atoms with E-state index in [0.717, 1.165) is 12.2 Å². The summed E-state index contributed by atoms with van der Waals surface area (Å²) in [6.07, 6.45) is 0.986. The summed E-state index contributed by atoms with van der Waals surface area (Å²) in [4.78, 5) is 0. The Kier molecular flexibility index (Phi) is 4.88. The third kappa shape index (κ3) is 4.05. The molecule has 1 aliphatic heterocycles. The fourth-order valence-corrected chi connectivity index (χ4v) is 4.74. The molecule has 0 amide bonds. The van der Waals surface area contributed by atoms with E-state index in [0.29, 0.717) is 5.04 Å². The quantitative estimate of drug-likeness (QED) is 0.479. The van der Waals surface area contributed by atoms with Gasteiger partial charge in [0.2, 0.25) is 0 Å². The molecule has 25 heavy (non-hydrogen) atoms. The smallest absolute Gasteiger partial charge is 0.134 e. The van der Waals surface area contributed by atoms with Gasteiger partial charge in [0, 0.05) is 23.0 Å². The Balaban J connectivity index is 2.63. The van der Waals surface area contributed by atoms with Crippen LogP contribution in [0.15, 0.2) is 23.6 Å². The Bertz CT molecular complexity index is 677. The number of rotatable bonds is 1. The Morgan fingerprint density at radius 2 is 1.60 bits per heavy atom. The van der Waals surface area contributed by atoms with Gasteiger partial charge in [0.05, 0.1) is 13.8 Å². The molecular formula is C23H38OSi. The molecule has 0 spiro atoms. The van der Waals surface area contributed by atoms with Crippen molar-refractivity contribution >= 4 is 8.07 Å². The highest BCUT2D eigenvalue weighted by molar-refractivity contribution is 6.84. The van der Waals surface area contributed by atoms with Crippen LogP contribution in [0.3, 0.4) is 0 Å². The van der Waals surface area contributed by atoms with Gasteiger partial charge >= 0.3 is 0 Å². The molecule has 0 atom stereocenters. The van der Waals surface area contributed by atoms with Crippen molar-refractivity contribution < 1.29 is 4.74 Å². The molecule has 1 aromatic rings. The van der Waals surface area contributed by atoms with Crippen LogP contribution in [0.1, 0.15) is 78.5 Å². The molecule has 0 bridgehead atoms. The van der Waals surface area contributed by atoms with E-state index >= 15 is 0 Å². The van der Waals surface area contributed by atoms with Crippen molar-refractivity contribution in [2.24, 2.45) is 0 Å². The number of fused-ring (bicyclic) bond motifs is 1. The van der Waals surface area contributed by atoms with Crippen LogP contribution >= 0.6 is 0 Å². The fourth-order valence-electron chi connectivity index (χ4n) is 3.34. The summed E-state index contributed by atoms with van der Waals surface area (Å²) < 4.78 is 6.61. The fraction of sp³-hybridized carbons (Fsp3) is 0.652. The first-order valence-corrected chi connectivity index (χ1v) is 12.7. The van der Waals surface area contributed by atoms with Crippen molar-refractivity contribution in [3.05, 3.63) is 40.3 Å². The van der Waals surface area contributed by atoms with E-state index in [4.69, 9.17) is 4.74 Å². The van der Waals surface area contributed by atoms with Gasteiger partial charge in [-0.15, -0.1) is 0 Å². The molecule has 0 aromatic heterocycles. The first-order valence-electron chi connectivity index (χ1n) is 9.60. The summed E-state index contributed by atoms with van der Waals surface area (Å²) in [5, 5.41) is 0.327. The summed E-state index contributed by atoms with van der Waals surface area (Å²) in [5.74, 6) is 2.29. The average molecular weight is 359 g/mol. The van der Waals surface area contributed by atoms with Gasteiger partial charge in [-0.05, 0) is 17.4 Å². The lowest BCUT2D eigenvalue weighted by molar-refractivity contribution is 0.304. The van der Waals surface area contributed by atoms with Gasteiger partial charge in [-0.1, -0.05) is 91.9 Å². The average Bonchev–Trinajstić information content (AvgIpc) is 2.35. The predicted molar refractivity (Wildman–Crippen MR) is 113 cm³/mol. The maximum absolute atomic E-state index is 6.61. The van der Waals surface area contributed by atoms with E-state index in [1.807, 2.05) is 0 Å². The molecule has 2 heteroatoms. The van der Waals surface area contributed by atoms with Crippen LogP contribution in [0, 0.1) is 6.92 Å². The largest absolute Gasteiger partial charge is 0.462 e. The first-order chi connectivity index (χ1) is 11.0. The zero-order chi connectivity index (χ0) is 19.4. The zero-order valence-corrected chi connectivity index (χ0v) is 19.3. The van der Waals surface area contributed by atoms with Crippen LogP contribution in [0.25, 0.3) is 0 Å². The van der Waals surface area contributed by atoms with Crippen LogP contribution < -0.4 is 4.74 Å². The van der Waals surface area contributed by atoms with Gasteiger partial charge in [-0.25, -0.2) is 0 Å². The molecule has 1 aliphatic rings. The first kappa shape index (κ1) is 20.3. The van der Waals surface area contributed by atoms with Crippen molar-refractivity contribution in [2.75, 3.05) is 0 Å². The van der Waals surface area contributed by atoms with Gasteiger partial charge in [-0.2, -0.15) is 0 Å². The van der Waals surface area contributed by atoms with Gasteiger partial charge in [0.15, 0.2) is 0 Å². The van der Waals surface area contributed by atoms with E-state index in [-0.39, 0.29) is 10.8 Å². The molecule has 1 nitrogen and oxygen atoms in total. The highest BCUT2D eigenvalue weighted by Gasteiger charge is 2.39. The zero-order valence-electron chi connectivity index (χ0n) is 18.3. The van der Waals surface area contributed by atoms with Crippen molar-refractivity contribution in [1.82, 2.24) is 0 Å². The minimum absolute atomic E-state index is 0.0750. The predicted octanol–water partition coefficient (Wildman–Crippen LogP) is 7.28. The second-order valence-electron chi connectivity index (χ2n) is 11.2. The minimum atomic E-state index is -1.54. The lowest BCUT2D eigenvalue weighted by atomic mass is 9.74. The second kappa shape index (κ2) is 6.01. The number of allylic oxidation sites excluding steroid dienone is 1. The summed E-state index contributed by atoms with van der Waals surface area (Å²) in [5.41, 5.74) is 6.71. The van der Waals surface area contributed by atoms with Crippen LogP contribution in [0.4, 0.5) is 0 Å². The van der Waals surface area contributed by atoms with Crippen LogP contribution in [0.5, 0.6) is 5.75 Å². The number of hydrogen-bond acceptors (Lipinski definition) is 1. The second-order valence-corrected chi connectivity index (χ2v) is 16.4. The standard InChI is InChI=1S/C23H38OSi/c1-16-12-18(21(2,3)4)20-19(13-16)23(8,9)14-17(24-20)15-25(10,11)22(5,6)7/h12-13,15H,14H2,1-11H3/b17-15-. The van der Waals surface area contributed by atoms with Crippen LogP contribution in [-0.4, -0.2) is 8.07 Å². The van der Waals surface area contributed by atoms with Gasteiger partial charge in [-0.3, -0.25) is 0 Å². The van der Waals surface area contributed by atoms with E-state index in [1.165, 1.54) is 22.4 Å². The van der Waals surface area contributed by atoms with E-state index in [9.17, 15) is 0 Å². The maximum Gasteiger partial charge on any atom is 0.134 e. The normalized spacial score (nSPS) is 19.6. The van der Waals surface area contributed by atoms with Crippen molar-refractivity contribution in [1.29, 1.82) is 0 Å². The summed E-state index contributed by atoms with van der Waals surface area (Å²) in [6, 6.07) is 4.64. The number of aryl methyl sites for hydroxylation is 1. The minimum Gasteiger partial charge on any atom is -0.462 e. The summed E-state index contributed by atoms with van der Waals surface area (Å²) in [7, 11) is -1.54. The summed E-state index contributed by atoms with van der Waals surface area (Å²) >= 11 is 0. The molecule has 0 saturated heterocycles. The number of hydrogen-bond donors (Lipinski definition) is 0. The van der Waals surface area contributed by atoms with Gasteiger partial charge in [0.1, 0.15) is 5.75 Å². The van der Waals surface area contributed by atoms with Crippen molar-refractivity contribution in [3.8, 4) is 5.75 Å². The monoisotopic (exact) mass is 358 g/mol. The topological polar surface area (TPSA) is 9.23 Å². The van der Waals surface area contributed by atoms with E-state index in [1.54, 1.807) is 0 Å². The Hall–Kier alpha value is -1.02. The lowest BCUT2D eigenvalue weighted by Crippen LogP contribution is -2.37. The SMILES string of the molecule is Cc1cc(C(C)(C)C)c2c(c1)C(C)(C)C/C(=C/[Si](C)(C)C(C)(C)C)O2. The molecule has 1 aromatic carbocycles. The Morgan fingerprint density at radius 3 is 2.08 bits per heavy atom. The Labute approximate surface area is 156 Å². The third-order valence-corrected chi connectivity index (χ3v) is 11.0. The van der Waals surface area contributed by atoms with Crippen molar-refractivity contribution in [2.45, 2.75) is 97.7 Å².